The third kappa shape index (κ3) is 2.50. The molecule has 3 rings (SSSR count). The van der Waals surface area contributed by atoms with Gasteiger partial charge in [0.05, 0.1) is 17.4 Å². The van der Waals surface area contributed by atoms with Crippen molar-refractivity contribution in [3.63, 3.8) is 0 Å². The highest BCUT2D eigenvalue weighted by molar-refractivity contribution is 6.03. The molecule has 0 bridgehead atoms. The second kappa shape index (κ2) is 5.14. The topological polar surface area (TPSA) is 59.3 Å². The van der Waals surface area contributed by atoms with Gasteiger partial charge < -0.3 is 5.32 Å². The summed E-state index contributed by atoms with van der Waals surface area (Å²) in [6.07, 6.45) is -1.71. The van der Waals surface area contributed by atoms with Crippen LogP contribution in [0.1, 0.15) is 16.1 Å². The maximum Gasteiger partial charge on any atom is 0.418 e. The first-order valence-electron chi connectivity index (χ1n) is 6.23. The summed E-state index contributed by atoms with van der Waals surface area (Å²) in [6, 6.07) is 7.75. The Labute approximate surface area is 122 Å². The van der Waals surface area contributed by atoms with Gasteiger partial charge >= 0.3 is 6.18 Å². The molecule has 1 N–H and O–H groups in total. The average molecular weight is 306 g/mol. The van der Waals surface area contributed by atoms with Crippen LogP contribution in [0.4, 0.5) is 18.9 Å². The van der Waals surface area contributed by atoms with Gasteiger partial charge in [0.15, 0.2) is 5.65 Å². The molecule has 0 saturated carbocycles. The van der Waals surface area contributed by atoms with E-state index in [1.165, 1.54) is 41.2 Å². The maximum atomic E-state index is 12.9. The number of hydrogen-bond donors (Lipinski definition) is 1. The number of fused-ring (bicyclic) bond motifs is 1. The molecule has 2 aromatic heterocycles. The SMILES string of the molecule is O=C(Nc1ccccc1C(F)(F)F)c1ccnc2ccnn12. The molecule has 0 saturated heterocycles. The summed E-state index contributed by atoms with van der Waals surface area (Å²) in [7, 11) is 0. The van der Waals surface area contributed by atoms with Crippen LogP contribution in [0, 0.1) is 0 Å². The molecule has 1 aromatic carbocycles. The molecule has 2 heterocycles. The lowest BCUT2D eigenvalue weighted by molar-refractivity contribution is -0.136. The molecule has 22 heavy (non-hydrogen) atoms. The Morgan fingerprint density at radius 2 is 1.86 bits per heavy atom. The molecule has 0 radical (unpaired) electrons. The zero-order valence-corrected chi connectivity index (χ0v) is 11.0. The van der Waals surface area contributed by atoms with Crippen molar-refractivity contribution in [3.05, 3.63) is 60.0 Å². The molecule has 8 heteroatoms. The van der Waals surface area contributed by atoms with Gasteiger partial charge in [0.2, 0.25) is 0 Å². The van der Waals surface area contributed by atoms with Crippen molar-refractivity contribution in [2.75, 3.05) is 5.32 Å². The third-order valence-electron chi connectivity index (χ3n) is 3.00. The summed E-state index contributed by atoms with van der Waals surface area (Å²) in [4.78, 5) is 16.2. The van der Waals surface area contributed by atoms with Crippen molar-refractivity contribution in [2.24, 2.45) is 0 Å². The van der Waals surface area contributed by atoms with E-state index in [0.29, 0.717) is 5.65 Å². The Hall–Kier alpha value is -2.90. The summed E-state index contributed by atoms with van der Waals surface area (Å²) in [6.45, 7) is 0. The number of para-hydroxylation sites is 1. The number of hydrogen-bond acceptors (Lipinski definition) is 3. The molecule has 5 nitrogen and oxygen atoms in total. The van der Waals surface area contributed by atoms with E-state index in [1.807, 2.05) is 0 Å². The highest BCUT2D eigenvalue weighted by Gasteiger charge is 2.33. The number of nitrogens with one attached hydrogen (secondary N) is 1. The van der Waals surface area contributed by atoms with E-state index in [9.17, 15) is 18.0 Å². The number of rotatable bonds is 2. The van der Waals surface area contributed by atoms with Crippen molar-refractivity contribution in [2.45, 2.75) is 6.18 Å². The zero-order chi connectivity index (χ0) is 15.7. The monoisotopic (exact) mass is 306 g/mol. The quantitative estimate of drug-likeness (QED) is 0.792. The number of carbonyl (C=O) groups excluding carboxylic acids is 1. The van der Waals surface area contributed by atoms with Crippen LogP contribution in [0.2, 0.25) is 0 Å². The highest BCUT2D eigenvalue weighted by atomic mass is 19.4. The Morgan fingerprint density at radius 1 is 1.09 bits per heavy atom. The van der Waals surface area contributed by atoms with E-state index < -0.39 is 17.6 Å². The first-order valence-corrected chi connectivity index (χ1v) is 6.23. The molecular formula is C14H9F3N4O. The van der Waals surface area contributed by atoms with Gasteiger partial charge in [0, 0.05) is 12.3 Å². The zero-order valence-electron chi connectivity index (χ0n) is 11.0. The van der Waals surface area contributed by atoms with Gasteiger partial charge in [-0.15, -0.1) is 0 Å². The number of carbonyl (C=O) groups is 1. The number of nitrogens with zero attached hydrogens (tertiary/aromatic N) is 3. The van der Waals surface area contributed by atoms with Gasteiger partial charge in [-0.3, -0.25) is 4.79 Å². The van der Waals surface area contributed by atoms with Crippen molar-refractivity contribution < 1.29 is 18.0 Å². The minimum atomic E-state index is -4.55. The number of benzene rings is 1. The van der Waals surface area contributed by atoms with Gasteiger partial charge in [-0.25, -0.2) is 9.50 Å². The lowest BCUT2D eigenvalue weighted by Gasteiger charge is -2.13. The highest BCUT2D eigenvalue weighted by Crippen LogP contribution is 2.34. The largest absolute Gasteiger partial charge is 0.418 e. The van der Waals surface area contributed by atoms with Gasteiger partial charge in [0.25, 0.3) is 5.91 Å². The van der Waals surface area contributed by atoms with Crippen LogP contribution in [0.5, 0.6) is 0 Å². The lowest BCUT2D eigenvalue weighted by Crippen LogP contribution is -2.19. The second-order valence-electron chi connectivity index (χ2n) is 4.43. The minimum Gasteiger partial charge on any atom is -0.320 e. The molecule has 0 spiro atoms. The van der Waals surface area contributed by atoms with E-state index in [4.69, 9.17) is 0 Å². The molecule has 112 valence electrons. The van der Waals surface area contributed by atoms with E-state index >= 15 is 0 Å². The van der Waals surface area contributed by atoms with E-state index in [1.54, 1.807) is 6.07 Å². The lowest BCUT2D eigenvalue weighted by atomic mass is 10.1. The predicted octanol–water partition coefficient (Wildman–Crippen LogP) is 3.00. The van der Waals surface area contributed by atoms with E-state index in [2.05, 4.69) is 15.4 Å². The van der Waals surface area contributed by atoms with Gasteiger partial charge in [-0.05, 0) is 18.2 Å². The second-order valence-corrected chi connectivity index (χ2v) is 4.43. The van der Waals surface area contributed by atoms with E-state index in [-0.39, 0.29) is 11.4 Å². The summed E-state index contributed by atoms with van der Waals surface area (Å²) < 4.78 is 40.0. The van der Waals surface area contributed by atoms with Gasteiger partial charge in [-0.2, -0.15) is 18.3 Å². The maximum absolute atomic E-state index is 12.9. The van der Waals surface area contributed by atoms with Gasteiger partial charge in [-0.1, -0.05) is 12.1 Å². The molecule has 0 aliphatic carbocycles. The Morgan fingerprint density at radius 3 is 2.64 bits per heavy atom. The molecule has 0 aliphatic rings. The molecule has 1 amide bonds. The molecule has 0 unspecified atom stereocenters. The minimum absolute atomic E-state index is 0.0898. The Bertz CT molecular complexity index is 841. The summed E-state index contributed by atoms with van der Waals surface area (Å²) in [5.74, 6) is -0.701. The fourth-order valence-corrected chi connectivity index (χ4v) is 2.03. The van der Waals surface area contributed by atoms with Crippen LogP contribution >= 0.6 is 0 Å². The van der Waals surface area contributed by atoms with Crippen molar-refractivity contribution >= 4 is 17.2 Å². The molecule has 0 fully saturated rings. The van der Waals surface area contributed by atoms with Crippen LogP contribution in [0.15, 0.2) is 48.8 Å². The van der Waals surface area contributed by atoms with Crippen LogP contribution in [0.3, 0.4) is 0 Å². The van der Waals surface area contributed by atoms with Crippen molar-refractivity contribution in [1.82, 2.24) is 14.6 Å². The van der Waals surface area contributed by atoms with Crippen LogP contribution in [0.25, 0.3) is 5.65 Å². The van der Waals surface area contributed by atoms with Crippen LogP contribution in [-0.2, 0) is 6.18 Å². The smallest absolute Gasteiger partial charge is 0.320 e. The Kier molecular flexibility index (Phi) is 3.28. The number of amides is 1. The summed E-state index contributed by atoms with van der Waals surface area (Å²) in [5, 5.41) is 6.19. The first-order chi connectivity index (χ1) is 10.5. The number of aromatic nitrogens is 3. The van der Waals surface area contributed by atoms with Crippen LogP contribution < -0.4 is 5.32 Å². The fraction of sp³-hybridized carbons (Fsp3) is 0.0714. The number of halogens is 3. The molecule has 3 aromatic rings. The van der Waals surface area contributed by atoms with Crippen molar-refractivity contribution in [1.29, 1.82) is 0 Å². The first kappa shape index (κ1) is 14.1. The average Bonchev–Trinajstić information content (AvgIpc) is 2.94. The third-order valence-corrected chi connectivity index (χ3v) is 3.00. The van der Waals surface area contributed by atoms with E-state index in [0.717, 1.165) is 6.07 Å². The summed E-state index contributed by atoms with van der Waals surface area (Å²) in [5.41, 5.74) is -0.699. The molecular weight excluding hydrogens is 297 g/mol. The normalized spacial score (nSPS) is 11.6. The van der Waals surface area contributed by atoms with Crippen LogP contribution in [-0.4, -0.2) is 20.5 Å². The van der Waals surface area contributed by atoms with Gasteiger partial charge in [0.1, 0.15) is 5.69 Å². The standard InChI is InChI=1S/C14H9F3N4O/c15-14(16,17)9-3-1-2-4-10(9)20-13(22)11-5-7-18-12-6-8-19-21(11)12/h1-8H,(H,20,22). The number of alkyl halides is 3. The molecule has 0 atom stereocenters. The fourth-order valence-electron chi connectivity index (χ4n) is 2.03. The summed E-state index contributed by atoms with van der Waals surface area (Å²) >= 11 is 0. The van der Waals surface area contributed by atoms with Crippen molar-refractivity contribution in [3.8, 4) is 0 Å². The molecule has 0 aliphatic heterocycles. The number of anilines is 1. The Balaban J connectivity index is 1.97. The predicted molar refractivity (Wildman–Crippen MR) is 72.4 cm³/mol.